The fourth-order valence-electron chi connectivity index (χ4n) is 1.12. The number of carboxylic acids is 1. The van der Waals surface area contributed by atoms with Crippen LogP contribution in [0.5, 0.6) is 5.75 Å². The second-order valence-electron chi connectivity index (χ2n) is 2.84. The predicted molar refractivity (Wildman–Crippen MR) is 44.9 cm³/mol. The fourth-order valence-corrected chi connectivity index (χ4v) is 1.12. The summed E-state index contributed by atoms with van der Waals surface area (Å²) in [5, 5.41) is 8.60. The Morgan fingerprint density at radius 1 is 1.38 bits per heavy atom. The summed E-state index contributed by atoms with van der Waals surface area (Å²) in [5.41, 5.74) is -2.24. The molecule has 0 radical (unpaired) electrons. The van der Waals surface area contributed by atoms with Gasteiger partial charge in [0.1, 0.15) is 5.56 Å². The number of hydrogen-bond donors (Lipinski definition) is 1. The van der Waals surface area contributed by atoms with E-state index in [1.807, 2.05) is 0 Å². The van der Waals surface area contributed by atoms with Crippen LogP contribution in [-0.2, 0) is 6.18 Å². The fraction of sp³-hybridized carbons (Fsp3) is 0.222. The van der Waals surface area contributed by atoms with Gasteiger partial charge in [-0.15, -0.1) is 0 Å². The number of ether oxygens (including phenoxy) is 1. The van der Waals surface area contributed by atoms with Crippen LogP contribution >= 0.6 is 0 Å². The molecule has 1 aromatic carbocycles. The second kappa shape index (κ2) is 3.99. The molecule has 1 N–H and O–H groups in total. The van der Waals surface area contributed by atoms with Gasteiger partial charge in [-0.3, -0.25) is 0 Å². The van der Waals surface area contributed by atoms with Crippen molar-refractivity contribution in [2.24, 2.45) is 0 Å². The molecule has 0 saturated carbocycles. The van der Waals surface area contributed by atoms with Gasteiger partial charge >= 0.3 is 12.1 Å². The maximum atomic E-state index is 13.1. The average Bonchev–Trinajstić information content (AvgIpc) is 2.14. The molecule has 1 rings (SSSR count). The largest absolute Gasteiger partial charge is 0.493 e. The molecule has 0 aliphatic heterocycles. The van der Waals surface area contributed by atoms with E-state index >= 15 is 0 Å². The van der Waals surface area contributed by atoms with Crippen molar-refractivity contribution in [1.82, 2.24) is 0 Å². The first kappa shape index (κ1) is 12.3. The van der Waals surface area contributed by atoms with Gasteiger partial charge in [-0.2, -0.15) is 13.2 Å². The number of benzene rings is 1. The van der Waals surface area contributed by atoms with Crippen molar-refractivity contribution in [1.29, 1.82) is 0 Å². The van der Waals surface area contributed by atoms with Gasteiger partial charge in [0.2, 0.25) is 0 Å². The van der Waals surface area contributed by atoms with Crippen molar-refractivity contribution in [3.63, 3.8) is 0 Å². The van der Waals surface area contributed by atoms with Gasteiger partial charge in [0.05, 0.1) is 12.7 Å². The topological polar surface area (TPSA) is 46.5 Å². The zero-order valence-electron chi connectivity index (χ0n) is 7.93. The van der Waals surface area contributed by atoms with Gasteiger partial charge in [0, 0.05) is 0 Å². The van der Waals surface area contributed by atoms with Crippen molar-refractivity contribution in [3.8, 4) is 5.75 Å². The molecule has 0 heterocycles. The summed E-state index contributed by atoms with van der Waals surface area (Å²) in [4.78, 5) is 10.6. The molecule has 0 aliphatic carbocycles. The number of carbonyl (C=O) groups is 1. The minimum absolute atomic E-state index is 0.186. The summed E-state index contributed by atoms with van der Waals surface area (Å²) >= 11 is 0. The van der Waals surface area contributed by atoms with E-state index in [4.69, 9.17) is 5.11 Å². The molecule has 1 aromatic rings. The number of carboxylic acid groups (broad SMARTS) is 1. The zero-order chi connectivity index (χ0) is 12.5. The molecule has 0 bridgehead atoms. The molecule has 0 aliphatic rings. The summed E-state index contributed by atoms with van der Waals surface area (Å²) in [6.45, 7) is 0. The highest BCUT2D eigenvalue weighted by molar-refractivity contribution is 5.91. The monoisotopic (exact) mass is 238 g/mol. The van der Waals surface area contributed by atoms with Crippen LogP contribution in [0.1, 0.15) is 15.9 Å². The van der Waals surface area contributed by atoms with E-state index in [1.165, 1.54) is 0 Å². The maximum Gasteiger partial charge on any atom is 0.416 e. The lowest BCUT2D eigenvalue weighted by Gasteiger charge is -2.11. The van der Waals surface area contributed by atoms with Gasteiger partial charge in [0.25, 0.3) is 0 Å². The molecule has 88 valence electrons. The van der Waals surface area contributed by atoms with E-state index in [1.54, 1.807) is 0 Å². The minimum Gasteiger partial charge on any atom is -0.493 e. The molecule has 0 amide bonds. The number of aromatic carboxylic acids is 1. The number of alkyl halides is 3. The van der Waals surface area contributed by atoms with Crippen LogP contribution in [0.4, 0.5) is 17.6 Å². The van der Waals surface area contributed by atoms with Crippen molar-refractivity contribution in [2.45, 2.75) is 6.18 Å². The van der Waals surface area contributed by atoms with Gasteiger partial charge < -0.3 is 9.84 Å². The van der Waals surface area contributed by atoms with E-state index in [0.29, 0.717) is 6.07 Å². The lowest BCUT2D eigenvalue weighted by molar-refractivity contribution is -0.137. The van der Waals surface area contributed by atoms with E-state index < -0.39 is 34.8 Å². The third-order valence-electron chi connectivity index (χ3n) is 1.81. The standard InChI is InChI=1S/C9H6F4O3/c1-16-7-5(8(14)15)2-4(3-6(7)10)9(11,12)13/h2-3H,1H3,(H,14,15). The number of hydrogen-bond acceptors (Lipinski definition) is 2. The highest BCUT2D eigenvalue weighted by atomic mass is 19.4. The van der Waals surface area contributed by atoms with Crippen LogP contribution in [-0.4, -0.2) is 18.2 Å². The van der Waals surface area contributed by atoms with Gasteiger partial charge in [-0.25, -0.2) is 9.18 Å². The molecule has 0 saturated heterocycles. The van der Waals surface area contributed by atoms with Crippen molar-refractivity contribution < 1.29 is 32.2 Å². The molecule has 16 heavy (non-hydrogen) atoms. The lowest BCUT2D eigenvalue weighted by atomic mass is 10.1. The predicted octanol–water partition coefficient (Wildman–Crippen LogP) is 2.55. The Morgan fingerprint density at radius 3 is 2.31 bits per heavy atom. The Labute approximate surface area is 87.3 Å². The third-order valence-corrected chi connectivity index (χ3v) is 1.81. The number of rotatable bonds is 2. The van der Waals surface area contributed by atoms with Crippen molar-refractivity contribution in [3.05, 3.63) is 29.1 Å². The molecule has 0 aromatic heterocycles. The smallest absolute Gasteiger partial charge is 0.416 e. The second-order valence-corrected chi connectivity index (χ2v) is 2.84. The number of methoxy groups -OCH3 is 1. The molecule has 7 heteroatoms. The van der Waals surface area contributed by atoms with Crippen molar-refractivity contribution in [2.75, 3.05) is 7.11 Å². The normalized spacial score (nSPS) is 11.3. The first-order valence-electron chi connectivity index (χ1n) is 3.95. The highest BCUT2D eigenvalue weighted by Gasteiger charge is 2.33. The average molecular weight is 238 g/mol. The zero-order valence-corrected chi connectivity index (χ0v) is 7.93. The van der Waals surface area contributed by atoms with Crippen LogP contribution in [0.25, 0.3) is 0 Å². The Bertz CT molecular complexity index is 425. The van der Waals surface area contributed by atoms with Crippen LogP contribution in [0.2, 0.25) is 0 Å². The molecule has 0 unspecified atom stereocenters. The number of halogens is 4. The van der Waals surface area contributed by atoms with Crippen LogP contribution in [0, 0.1) is 5.82 Å². The molecule has 0 atom stereocenters. The third kappa shape index (κ3) is 2.23. The van der Waals surface area contributed by atoms with Gasteiger partial charge in [0.15, 0.2) is 11.6 Å². The Morgan fingerprint density at radius 2 is 1.94 bits per heavy atom. The Kier molecular flexibility index (Phi) is 3.06. The first-order valence-corrected chi connectivity index (χ1v) is 3.95. The summed E-state index contributed by atoms with van der Waals surface area (Å²) in [6.07, 6.45) is -4.81. The summed E-state index contributed by atoms with van der Waals surface area (Å²) in [7, 11) is 0.970. The van der Waals surface area contributed by atoms with E-state index in [2.05, 4.69) is 4.74 Å². The lowest BCUT2D eigenvalue weighted by Crippen LogP contribution is -2.10. The van der Waals surface area contributed by atoms with Crippen molar-refractivity contribution >= 4 is 5.97 Å². The van der Waals surface area contributed by atoms with E-state index in [0.717, 1.165) is 7.11 Å². The summed E-state index contributed by atoms with van der Waals surface area (Å²) < 4.78 is 54.2. The van der Waals surface area contributed by atoms with Crippen LogP contribution in [0.15, 0.2) is 12.1 Å². The van der Waals surface area contributed by atoms with E-state index in [-0.39, 0.29) is 6.07 Å². The quantitative estimate of drug-likeness (QED) is 0.805. The SMILES string of the molecule is COc1c(F)cc(C(F)(F)F)cc1C(=O)O. The molecule has 0 spiro atoms. The van der Waals surface area contributed by atoms with Gasteiger partial charge in [-0.05, 0) is 12.1 Å². The Hall–Kier alpha value is -1.79. The first-order chi connectivity index (χ1) is 7.27. The molecule has 0 fully saturated rings. The highest BCUT2D eigenvalue weighted by Crippen LogP contribution is 2.34. The molecule has 3 nitrogen and oxygen atoms in total. The van der Waals surface area contributed by atoms with Gasteiger partial charge in [-0.1, -0.05) is 0 Å². The Balaban J connectivity index is 3.46. The summed E-state index contributed by atoms with van der Waals surface area (Å²) in [6, 6.07) is 0.509. The van der Waals surface area contributed by atoms with Crippen LogP contribution < -0.4 is 4.74 Å². The molecular weight excluding hydrogens is 232 g/mol. The maximum absolute atomic E-state index is 13.1. The van der Waals surface area contributed by atoms with Crippen LogP contribution in [0.3, 0.4) is 0 Å². The molecular formula is C9H6F4O3. The van der Waals surface area contributed by atoms with E-state index in [9.17, 15) is 22.4 Å². The summed E-state index contributed by atoms with van der Waals surface area (Å²) in [5.74, 6) is -3.78. The minimum atomic E-state index is -4.81.